The van der Waals surface area contributed by atoms with Crippen LogP contribution in [0.3, 0.4) is 0 Å². The van der Waals surface area contributed by atoms with Crippen LogP contribution in [0.2, 0.25) is 0 Å². The molecule has 0 saturated carbocycles. The summed E-state index contributed by atoms with van der Waals surface area (Å²) in [5.41, 5.74) is 6.61. The number of benzene rings is 3. The molecule has 1 amide bonds. The third-order valence-corrected chi connectivity index (χ3v) is 6.33. The molecular formula is C29H23FN6O. The maximum Gasteiger partial charge on any atom is 0.226 e. The van der Waals surface area contributed by atoms with Crippen LogP contribution in [-0.2, 0) is 4.79 Å². The highest BCUT2D eigenvalue weighted by Gasteiger charge is 2.17. The molecule has 0 aliphatic rings. The van der Waals surface area contributed by atoms with Crippen LogP contribution in [0.25, 0.3) is 55.7 Å². The van der Waals surface area contributed by atoms with E-state index in [9.17, 15) is 9.18 Å². The molecule has 3 N–H and O–H groups in total. The van der Waals surface area contributed by atoms with Crippen molar-refractivity contribution in [2.45, 2.75) is 13.8 Å². The number of anilines is 1. The number of para-hydroxylation sites is 1. The van der Waals surface area contributed by atoms with Crippen molar-refractivity contribution in [3.05, 3.63) is 84.9 Å². The third-order valence-electron chi connectivity index (χ3n) is 6.33. The number of H-pyrrole nitrogens is 2. The van der Waals surface area contributed by atoms with Gasteiger partial charge in [-0.2, -0.15) is 5.10 Å². The predicted octanol–water partition coefficient (Wildman–Crippen LogP) is 6.57. The number of nitrogens with one attached hydrogen (secondary N) is 3. The van der Waals surface area contributed by atoms with E-state index in [2.05, 4.69) is 25.5 Å². The number of hydrogen-bond acceptors (Lipinski definition) is 4. The molecule has 0 spiro atoms. The molecule has 0 atom stereocenters. The molecule has 0 aliphatic carbocycles. The van der Waals surface area contributed by atoms with Crippen molar-refractivity contribution in [3.8, 4) is 33.8 Å². The Morgan fingerprint density at radius 1 is 0.919 bits per heavy atom. The zero-order valence-corrected chi connectivity index (χ0v) is 20.2. The summed E-state index contributed by atoms with van der Waals surface area (Å²) in [5, 5.41) is 11.4. The van der Waals surface area contributed by atoms with E-state index in [0.717, 1.165) is 27.5 Å². The number of pyridine rings is 1. The standard InChI is InChI=1S/C29H23FN6O/c1-16(2)29(37)32-19-12-18(14-31-15-19)17-10-11-24-22(13-17)27(36-35-24)28-33-25-9-5-7-21(26(25)34-28)20-6-3-4-8-23(20)30/h3-16H,1-2H3,(H,32,37)(H,33,34)(H,35,36). The summed E-state index contributed by atoms with van der Waals surface area (Å²) < 4.78 is 14.6. The molecule has 0 bridgehead atoms. The quantitative estimate of drug-likeness (QED) is 0.254. The molecule has 3 aromatic carbocycles. The molecule has 0 aliphatic heterocycles. The number of nitrogens with zero attached hydrogens (tertiary/aromatic N) is 3. The first-order valence-corrected chi connectivity index (χ1v) is 12.0. The van der Waals surface area contributed by atoms with Gasteiger partial charge < -0.3 is 10.3 Å². The second-order valence-electron chi connectivity index (χ2n) is 9.21. The Kier molecular flexibility index (Phi) is 5.49. The molecule has 37 heavy (non-hydrogen) atoms. The lowest BCUT2D eigenvalue weighted by molar-refractivity contribution is -0.118. The van der Waals surface area contributed by atoms with Gasteiger partial charge in [0, 0.05) is 34.2 Å². The number of carbonyl (C=O) groups excluding carboxylic acids is 1. The lowest BCUT2D eigenvalue weighted by Gasteiger charge is -2.09. The van der Waals surface area contributed by atoms with Gasteiger partial charge in [0.25, 0.3) is 0 Å². The number of imidazole rings is 1. The Balaban J connectivity index is 1.42. The Hall–Kier alpha value is -4.85. The zero-order valence-electron chi connectivity index (χ0n) is 20.2. The van der Waals surface area contributed by atoms with Gasteiger partial charge in [-0.3, -0.25) is 14.9 Å². The highest BCUT2D eigenvalue weighted by Crippen LogP contribution is 2.34. The van der Waals surface area contributed by atoms with Gasteiger partial charge in [0.15, 0.2) is 5.82 Å². The van der Waals surface area contributed by atoms with E-state index in [4.69, 9.17) is 4.98 Å². The van der Waals surface area contributed by atoms with Crippen LogP contribution in [0.15, 0.2) is 79.1 Å². The number of halogens is 1. The van der Waals surface area contributed by atoms with Gasteiger partial charge in [-0.15, -0.1) is 0 Å². The van der Waals surface area contributed by atoms with Crippen LogP contribution in [0.1, 0.15) is 13.8 Å². The Morgan fingerprint density at radius 2 is 1.76 bits per heavy atom. The molecular weight excluding hydrogens is 467 g/mol. The first-order chi connectivity index (χ1) is 18.0. The van der Waals surface area contributed by atoms with E-state index in [1.165, 1.54) is 6.07 Å². The summed E-state index contributed by atoms with van der Waals surface area (Å²) in [5.74, 6) is 0.0930. The summed E-state index contributed by atoms with van der Waals surface area (Å²) in [7, 11) is 0. The van der Waals surface area contributed by atoms with Crippen LogP contribution in [-0.4, -0.2) is 31.1 Å². The monoisotopic (exact) mass is 490 g/mol. The number of fused-ring (bicyclic) bond motifs is 2. The second kappa shape index (κ2) is 8.98. The maximum absolute atomic E-state index is 14.6. The van der Waals surface area contributed by atoms with Gasteiger partial charge in [-0.05, 0) is 35.9 Å². The molecule has 7 nitrogen and oxygen atoms in total. The van der Waals surface area contributed by atoms with Gasteiger partial charge in [0.2, 0.25) is 5.91 Å². The number of amides is 1. The van der Waals surface area contributed by atoms with Crippen molar-refractivity contribution in [1.82, 2.24) is 25.1 Å². The molecule has 0 radical (unpaired) electrons. The molecule has 3 heterocycles. The zero-order chi connectivity index (χ0) is 25.5. The van der Waals surface area contributed by atoms with Crippen molar-refractivity contribution in [1.29, 1.82) is 0 Å². The summed E-state index contributed by atoms with van der Waals surface area (Å²) in [6, 6.07) is 20.2. The number of carbonyl (C=O) groups is 1. The third kappa shape index (κ3) is 4.12. The average Bonchev–Trinajstić information content (AvgIpc) is 3.53. The van der Waals surface area contributed by atoms with E-state index in [1.807, 2.05) is 62.4 Å². The summed E-state index contributed by atoms with van der Waals surface area (Å²) in [6.07, 6.45) is 3.39. The van der Waals surface area contributed by atoms with Crippen molar-refractivity contribution >= 4 is 33.5 Å². The summed E-state index contributed by atoms with van der Waals surface area (Å²) >= 11 is 0. The van der Waals surface area contributed by atoms with E-state index < -0.39 is 0 Å². The fraction of sp³-hybridized carbons (Fsp3) is 0.103. The van der Waals surface area contributed by atoms with E-state index >= 15 is 0 Å². The number of aromatic nitrogens is 5. The van der Waals surface area contributed by atoms with Crippen LogP contribution < -0.4 is 5.32 Å². The first kappa shape index (κ1) is 22.6. The molecule has 6 aromatic rings. The number of hydrogen-bond donors (Lipinski definition) is 3. The van der Waals surface area contributed by atoms with E-state index in [0.29, 0.717) is 33.8 Å². The normalized spacial score (nSPS) is 11.5. The lowest BCUT2D eigenvalue weighted by atomic mass is 10.0. The highest BCUT2D eigenvalue weighted by atomic mass is 19.1. The second-order valence-corrected chi connectivity index (χ2v) is 9.21. The maximum atomic E-state index is 14.6. The van der Waals surface area contributed by atoms with E-state index in [-0.39, 0.29) is 17.6 Å². The van der Waals surface area contributed by atoms with Gasteiger partial charge in [0.05, 0.1) is 28.4 Å². The van der Waals surface area contributed by atoms with Crippen molar-refractivity contribution < 1.29 is 9.18 Å². The Labute approximate surface area is 211 Å². The van der Waals surface area contributed by atoms with Crippen LogP contribution in [0.4, 0.5) is 10.1 Å². The van der Waals surface area contributed by atoms with Gasteiger partial charge in [-0.25, -0.2) is 9.37 Å². The first-order valence-electron chi connectivity index (χ1n) is 12.0. The molecule has 3 aromatic heterocycles. The molecule has 0 saturated heterocycles. The van der Waals surface area contributed by atoms with Gasteiger partial charge in [-0.1, -0.05) is 50.2 Å². The van der Waals surface area contributed by atoms with Crippen LogP contribution in [0, 0.1) is 11.7 Å². The molecule has 0 unspecified atom stereocenters. The topological polar surface area (TPSA) is 99.3 Å². The van der Waals surface area contributed by atoms with Crippen LogP contribution >= 0.6 is 0 Å². The minimum atomic E-state index is -0.296. The fourth-order valence-electron chi connectivity index (χ4n) is 4.37. The lowest BCUT2D eigenvalue weighted by Crippen LogP contribution is -2.17. The largest absolute Gasteiger partial charge is 0.337 e. The highest BCUT2D eigenvalue weighted by molar-refractivity contribution is 5.98. The Bertz CT molecular complexity index is 1780. The fourth-order valence-corrected chi connectivity index (χ4v) is 4.37. The minimum absolute atomic E-state index is 0.0637. The SMILES string of the molecule is CC(C)C(=O)Nc1cncc(-c2ccc3[nH]nc(-c4nc5c(-c6ccccc6F)cccc5[nH]4)c3c2)c1. The molecule has 8 heteroatoms. The summed E-state index contributed by atoms with van der Waals surface area (Å²) in [6.45, 7) is 3.69. The molecule has 182 valence electrons. The summed E-state index contributed by atoms with van der Waals surface area (Å²) in [4.78, 5) is 24.6. The van der Waals surface area contributed by atoms with Gasteiger partial charge >= 0.3 is 0 Å². The Morgan fingerprint density at radius 3 is 2.59 bits per heavy atom. The average molecular weight is 491 g/mol. The molecule has 0 fully saturated rings. The predicted molar refractivity (Wildman–Crippen MR) is 143 cm³/mol. The van der Waals surface area contributed by atoms with Crippen molar-refractivity contribution in [2.24, 2.45) is 5.92 Å². The van der Waals surface area contributed by atoms with Crippen molar-refractivity contribution in [3.63, 3.8) is 0 Å². The molecule has 6 rings (SSSR count). The van der Waals surface area contributed by atoms with Crippen molar-refractivity contribution in [2.75, 3.05) is 5.32 Å². The number of rotatable bonds is 5. The van der Waals surface area contributed by atoms with E-state index in [1.54, 1.807) is 24.5 Å². The smallest absolute Gasteiger partial charge is 0.226 e. The van der Waals surface area contributed by atoms with Crippen LogP contribution in [0.5, 0.6) is 0 Å². The number of aromatic amines is 2. The van der Waals surface area contributed by atoms with Gasteiger partial charge in [0.1, 0.15) is 11.5 Å². The minimum Gasteiger partial charge on any atom is -0.337 e.